The second kappa shape index (κ2) is 6.22. The van der Waals surface area contributed by atoms with E-state index in [1.807, 2.05) is 0 Å². The molecule has 158 valence electrons. The van der Waals surface area contributed by atoms with Crippen molar-refractivity contribution in [1.29, 1.82) is 0 Å². The van der Waals surface area contributed by atoms with E-state index >= 15 is 0 Å². The summed E-state index contributed by atoms with van der Waals surface area (Å²) in [5.74, 6) is -20.3. The molecule has 14 heteroatoms. The molecule has 0 aromatic carbocycles. The summed E-state index contributed by atoms with van der Waals surface area (Å²) in [6, 6.07) is 0. The maximum Gasteiger partial charge on any atom is 0.449 e. The number of alkyl halides is 10. The molecule has 1 saturated heterocycles. The van der Waals surface area contributed by atoms with Gasteiger partial charge in [0.1, 0.15) is 0 Å². The average molecular weight is 422 g/mol. The zero-order valence-corrected chi connectivity index (χ0v) is 13.4. The smallest absolute Gasteiger partial charge is 0.442 e. The predicted molar refractivity (Wildman–Crippen MR) is 65.8 cm³/mol. The largest absolute Gasteiger partial charge is 0.449 e. The zero-order valence-electron chi connectivity index (χ0n) is 13.4. The van der Waals surface area contributed by atoms with E-state index in [1.165, 1.54) is 0 Å². The van der Waals surface area contributed by atoms with Crippen molar-refractivity contribution in [2.75, 3.05) is 0 Å². The number of carbonyl (C=O) groups excluding carboxylic acids is 1. The number of rotatable bonds is 3. The number of carbonyl (C=O) groups is 1. The highest BCUT2D eigenvalue weighted by Gasteiger charge is 2.92. The summed E-state index contributed by atoms with van der Waals surface area (Å²) in [7, 11) is 0. The number of esters is 1. The Morgan fingerprint density at radius 1 is 1.15 bits per heavy atom. The van der Waals surface area contributed by atoms with Gasteiger partial charge < -0.3 is 14.6 Å². The van der Waals surface area contributed by atoms with Gasteiger partial charge in [-0.2, -0.15) is 43.9 Å². The van der Waals surface area contributed by atoms with Gasteiger partial charge in [0, 0.05) is 5.57 Å². The average Bonchev–Trinajstić information content (AvgIpc) is 2.44. The minimum atomic E-state index is -6.67. The Morgan fingerprint density at radius 3 is 1.89 bits per heavy atom. The number of hydrogen-bond acceptors (Lipinski definition) is 4. The lowest BCUT2D eigenvalue weighted by Crippen LogP contribution is -2.83. The molecular weight excluding hydrogens is 410 g/mol. The minimum Gasteiger partial charge on any atom is -0.442 e. The van der Waals surface area contributed by atoms with Crippen LogP contribution in [0.2, 0.25) is 0 Å². The Labute approximate surface area is 144 Å². The fourth-order valence-electron chi connectivity index (χ4n) is 2.44. The molecule has 1 heterocycles. The summed E-state index contributed by atoms with van der Waals surface area (Å²) in [4.78, 5) is 11.5. The van der Waals surface area contributed by atoms with E-state index in [0.717, 1.165) is 6.92 Å². The summed E-state index contributed by atoms with van der Waals surface area (Å²) in [5, 5.41) is 9.28. The van der Waals surface area contributed by atoms with Gasteiger partial charge in [-0.15, -0.1) is 0 Å². The molecule has 0 spiro atoms. The van der Waals surface area contributed by atoms with Crippen LogP contribution in [0, 0.1) is 0 Å². The van der Waals surface area contributed by atoms with Gasteiger partial charge in [0.05, 0.1) is 0 Å². The van der Waals surface area contributed by atoms with Crippen molar-refractivity contribution < 1.29 is 63.3 Å². The van der Waals surface area contributed by atoms with Gasteiger partial charge in [0.25, 0.3) is 0 Å². The molecule has 0 radical (unpaired) electrons. The fraction of sp³-hybridized carbons (Fsp3) is 0.769. The van der Waals surface area contributed by atoms with Gasteiger partial charge in [-0.1, -0.05) is 13.5 Å². The van der Waals surface area contributed by atoms with Crippen LogP contribution in [-0.2, 0) is 14.3 Å². The van der Waals surface area contributed by atoms with Crippen LogP contribution in [0.3, 0.4) is 0 Å². The van der Waals surface area contributed by atoms with Crippen LogP contribution < -0.4 is 0 Å². The molecule has 0 saturated carbocycles. The van der Waals surface area contributed by atoms with E-state index in [2.05, 4.69) is 16.1 Å². The van der Waals surface area contributed by atoms with Gasteiger partial charge in [0.2, 0.25) is 11.7 Å². The summed E-state index contributed by atoms with van der Waals surface area (Å²) in [6.45, 7) is 3.88. The summed E-state index contributed by atoms with van der Waals surface area (Å²) in [5.41, 5.74) is -5.93. The molecule has 1 N–H and O–H groups in total. The number of hydrogen-bond donors (Lipinski definition) is 1. The molecular formula is C13H12F10O4. The van der Waals surface area contributed by atoms with Gasteiger partial charge >= 0.3 is 36.0 Å². The highest BCUT2D eigenvalue weighted by Crippen LogP contribution is 2.63. The van der Waals surface area contributed by atoms with Crippen LogP contribution in [0.4, 0.5) is 43.9 Å². The van der Waals surface area contributed by atoms with Gasteiger partial charge in [0.15, 0.2) is 0 Å². The van der Waals surface area contributed by atoms with E-state index in [-0.39, 0.29) is 0 Å². The molecule has 1 rings (SSSR count). The highest BCUT2D eigenvalue weighted by molar-refractivity contribution is 5.87. The van der Waals surface area contributed by atoms with Crippen LogP contribution in [-0.4, -0.2) is 52.8 Å². The minimum absolute atomic E-state index is 0.322. The quantitative estimate of drug-likeness (QED) is 0.428. The topological polar surface area (TPSA) is 55.8 Å². The molecule has 4 nitrogen and oxygen atoms in total. The van der Waals surface area contributed by atoms with Crippen molar-refractivity contribution >= 4 is 5.97 Å². The lowest BCUT2D eigenvalue weighted by molar-refractivity contribution is -0.532. The lowest BCUT2D eigenvalue weighted by Gasteiger charge is -2.55. The van der Waals surface area contributed by atoms with Crippen molar-refractivity contribution in [3.63, 3.8) is 0 Å². The first-order chi connectivity index (χ1) is 11.7. The summed E-state index contributed by atoms with van der Waals surface area (Å²) >= 11 is 0. The van der Waals surface area contributed by atoms with Crippen molar-refractivity contribution in [3.8, 4) is 0 Å². The Bertz CT molecular complexity index is 626. The van der Waals surface area contributed by atoms with Crippen molar-refractivity contribution in [2.45, 2.75) is 62.0 Å². The van der Waals surface area contributed by atoms with Crippen molar-refractivity contribution in [3.05, 3.63) is 12.2 Å². The van der Waals surface area contributed by atoms with Crippen molar-refractivity contribution in [1.82, 2.24) is 0 Å². The van der Waals surface area contributed by atoms with E-state index in [1.54, 1.807) is 0 Å². The molecule has 0 aromatic heterocycles. The monoisotopic (exact) mass is 422 g/mol. The molecule has 3 unspecified atom stereocenters. The van der Waals surface area contributed by atoms with E-state index in [9.17, 15) is 53.8 Å². The Morgan fingerprint density at radius 2 is 1.59 bits per heavy atom. The van der Waals surface area contributed by atoms with E-state index < -0.39 is 59.7 Å². The Balaban J connectivity index is 3.91. The second-order valence-electron chi connectivity index (χ2n) is 5.73. The molecule has 1 aliphatic rings. The lowest BCUT2D eigenvalue weighted by atomic mass is 9.75. The fourth-order valence-corrected chi connectivity index (χ4v) is 2.44. The first-order valence-electron chi connectivity index (χ1n) is 6.91. The third-order valence-electron chi connectivity index (χ3n) is 3.88. The van der Waals surface area contributed by atoms with Gasteiger partial charge in [-0.3, -0.25) is 0 Å². The molecule has 1 fully saturated rings. The molecule has 3 atom stereocenters. The standard InChI is InChI=1S/C13H12F10O4/c1-4-8(26-6(24)5(2)3)9(14,15)7(10(16,17)18)27-12(25,11(8,19)20)13(21,22)23/h7,25H,2,4H2,1,3H3. The molecule has 27 heavy (non-hydrogen) atoms. The summed E-state index contributed by atoms with van der Waals surface area (Å²) < 4.78 is 142. The van der Waals surface area contributed by atoms with Gasteiger partial charge in [-0.25, -0.2) is 4.79 Å². The van der Waals surface area contributed by atoms with Crippen molar-refractivity contribution in [2.24, 2.45) is 0 Å². The third kappa shape index (κ3) is 3.05. The molecule has 0 amide bonds. The second-order valence-corrected chi connectivity index (χ2v) is 5.73. The van der Waals surface area contributed by atoms with Crippen LogP contribution in [0.15, 0.2) is 12.2 Å². The van der Waals surface area contributed by atoms with E-state index in [4.69, 9.17) is 0 Å². The zero-order chi connectivity index (χ0) is 21.9. The summed E-state index contributed by atoms with van der Waals surface area (Å²) in [6.07, 6.45) is -19.8. The molecule has 0 aromatic rings. The Kier molecular flexibility index (Phi) is 5.41. The SMILES string of the molecule is C=C(C)C(=O)OC1(CC)C(F)(F)C(C(F)(F)F)OC(O)(C(F)(F)F)C1(F)F. The number of halogens is 10. The molecule has 1 aliphatic heterocycles. The van der Waals surface area contributed by atoms with Crippen LogP contribution in [0.25, 0.3) is 0 Å². The third-order valence-corrected chi connectivity index (χ3v) is 3.88. The maximum absolute atomic E-state index is 14.5. The first kappa shape index (κ1) is 23.5. The number of aliphatic hydroxyl groups is 1. The highest BCUT2D eigenvalue weighted by atomic mass is 19.4. The van der Waals surface area contributed by atoms with Crippen LogP contribution in [0.1, 0.15) is 20.3 Å². The maximum atomic E-state index is 14.5. The number of ether oxygens (including phenoxy) is 2. The first-order valence-corrected chi connectivity index (χ1v) is 6.91. The predicted octanol–water partition coefficient (Wildman–Crippen LogP) is 3.74. The van der Waals surface area contributed by atoms with Crippen LogP contribution in [0.5, 0.6) is 0 Å². The van der Waals surface area contributed by atoms with E-state index in [0.29, 0.717) is 6.92 Å². The molecule has 0 aliphatic carbocycles. The van der Waals surface area contributed by atoms with Crippen LogP contribution >= 0.6 is 0 Å². The molecule has 0 bridgehead atoms. The van der Waals surface area contributed by atoms with Gasteiger partial charge in [-0.05, 0) is 13.3 Å². The normalized spacial score (nSPS) is 33.4. The Hall–Kier alpha value is -1.57.